The van der Waals surface area contributed by atoms with Crippen molar-refractivity contribution in [3.8, 4) is 0 Å². The van der Waals surface area contributed by atoms with E-state index in [0.717, 1.165) is 16.1 Å². The first-order valence-corrected chi connectivity index (χ1v) is 10.6. The predicted molar refractivity (Wildman–Crippen MR) is 121 cm³/mol. The lowest BCUT2D eigenvalue weighted by atomic mass is 9.92. The maximum atomic E-state index is 12.9. The highest BCUT2D eigenvalue weighted by Crippen LogP contribution is 2.27. The molecular weight excluding hydrogens is 420 g/mol. The van der Waals surface area contributed by atoms with Crippen LogP contribution in [0.4, 0.5) is 4.79 Å². The Kier molecular flexibility index (Phi) is 6.23. The van der Waals surface area contributed by atoms with Gasteiger partial charge >= 0.3 is 6.03 Å². The Labute approximate surface area is 192 Å². The van der Waals surface area contributed by atoms with Crippen LogP contribution in [0, 0.1) is 0 Å². The average Bonchev–Trinajstić information content (AvgIpc) is 3.32. The maximum Gasteiger partial charge on any atom is 0.344 e. The third-order valence-corrected chi connectivity index (χ3v) is 5.52. The third kappa shape index (κ3) is 4.93. The second kappa shape index (κ2) is 9.25. The summed E-state index contributed by atoms with van der Waals surface area (Å²) < 4.78 is 1.84. The molecule has 2 aromatic carbocycles. The van der Waals surface area contributed by atoms with E-state index in [1.54, 1.807) is 49.3 Å². The number of imide groups is 1. The van der Waals surface area contributed by atoms with Crippen LogP contribution in [0.2, 0.25) is 0 Å². The summed E-state index contributed by atoms with van der Waals surface area (Å²) in [5.41, 5.74) is 3.94. The second-order valence-corrected chi connectivity index (χ2v) is 8.30. The number of benzene rings is 2. The van der Waals surface area contributed by atoms with Gasteiger partial charge in [0.1, 0.15) is 5.54 Å². The Morgan fingerprint density at radius 3 is 2.42 bits per heavy atom. The number of urea groups is 1. The fraction of sp³-hybridized carbons (Fsp3) is 0.250. The number of hydrazine groups is 1. The van der Waals surface area contributed by atoms with Gasteiger partial charge in [0.2, 0.25) is 0 Å². The van der Waals surface area contributed by atoms with Gasteiger partial charge in [-0.15, -0.1) is 0 Å². The molecule has 0 saturated carbocycles. The standard InChI is InChI=1S/C24H26N6O3/c1-24(20-11-7-4-8-12-20)22(32)30(23(33)26-24)27-21(31)17-28(2)14-19-13-25-29(16-19)15-18-9-5-3-6-10-18/h3-13,16H,14-15,17H2,1-2H3,(H,26,33)(H,27,31)/t24-/m0/s1. The van der Waals surface area contributed by atoms with Crippen LogP contribution in [-0.4, -0.2) is 51.1 Å². The van der Waals surface area contributed by atoms with Crippen LogP contribution in [0.15, 0.2) is 73.1 Å². The molecule has 4 amide bonds. The molecule has 1 aliphatic rings. The van der Waals surface area contributed by atoms with Gasteiger partial charge in [0.15, 0.2) is 0 Å². The minimum atomic E-state index is -1.23. The van der Waals surface area contributed by atoms with Gasteiger partial charge in [0.05, 0.1) is 19.3 Å². The molecule has 0 bridgehead atoms. The zero-order chi connectivity index (χ0) is 23.4. The normalized spacial score (nSPS) is 18.0. The summed E-state index contributed by atoms with van der Waals surface area (Å²) >= 11 is 0. The molecule has 33 heavy (non-hydrogen) atoms. The highest BCUT2D eigenvalue weighted by molar-refractivity contribution is 6.08. The van der Waals surface area contributed by atoms with Crippen molar-refractivity contribution in [1.82, 2.24) is 30.4 Å². The van der Waals surface area contributed by atoms with E-state index in [2.05, 4.69) is 15.8 Å². The van der Waals surface area contributed by atoms with E-state index in [-0.39, 0.29) is 6.54 Å². The third-order valence-electron chi connectivity index (χ3n) is 5.52. The van der Waals surface area contributed by atoms with Crippen molar-refractivity contribution in [3.63, 3.8) is 0 Å². The van der Waals surface area contributed by atoms with Gasteiger partial charge in [-0.1, -0.05) is 60.7 Å². The van der Waals surface area contributed by atoms with Gasteiger partial charge in [-0.2, -0.15) is 10.1 Å². The lowest BCUT2D eigenvalue weighted by Gasteiger charge is -2.22. The molecule has 0 spiro atoms. The van der Waals surface area contributed by atoms with E-state index in [4.69, 9.17) is 0 Å². The quantitative estimate of drug-likeness (QED) is 0.515. The molecule has 0 aliphatic carbocycles. The molecule has 2 heterocycles. The number of nitrogens with zero attached hydrogens (tertiary/aromatic N) is 4. The number of carbonyl (C=O) groups is 3. The van der Waals surface area contributed by atoms with Crippen LogP contribution in [0.3, 0.4) is 0 Å². The van der Waals surface area contributed by atoms with E-state index in [1.807, 2.05) is 47.3 Å². The first-order valence-electron chi connectivity index (χ1n) is 10.6. The smallest absolute Gasteiger partial charge is 0.318 e. The zero-order valence-corrected chi connectivity index (χ0v) is 18.6. The average molecular weight is 447 g/mol. The van der Waals surface area contributed by atoms with Crippen LogP contribution < -0.4 is 10.7 Å². The Bertz CT molecular complexity index is 1150. The first kappa shape index (κ1) is 22.2. The van der Waals surface area contributed by atoms with Crippen molar-refractivity contribution in [1.29, 1.82) is 0 Å². The fourth-order valence-electron chi connectivity index (χ4n) is 3.83. The van der Waals surface area contributed by atoms with Crippen molar-refractivity contribution < 1.29 is 14.4 Å². The lowest BCUT2D eigenvalue weighted by molar-refractivity contribution is -0.139. The first-order chi connectivity index (χ1) is 15.8. The van der Waals surface area contributed by atoms with Crippen molar-refractivity contribution in [2.45, 2.75) is 25.6 Å². The molecule has 4 rings (SSSR count). The number of hydrogen-bond donors (Lipinski definition) is 2. The van der Waals surface area contributed by atoms with Crippen LogP contribution in [-0.2, 0) is 28.2 Å². The molecule has 1 fully saturated rings. The summed E-state index contributed by atoms with van der Waals surface area (Å²) in [6, 6.07) is 18.3. The summed E-state index contributed by atoms with van der Waals surface area (Å²) in [5, 5.41) is 7.79. The summed E-state index contributed by atoms with van der Waals surface area (Å²) in [6.07, 6.45) is 3.70. The molecule has 2 N–H and O–H groups in total. The van der Waals surface area contributed by atoms with Gasteiger partial charge in [-0.3, -0.25) is 24.6 Å². The molecule has 1 saturated heterocycles. The molecule has 1 atom stereocenters. The minimum Gasteiger partial charge on any atom is -0.318 e. The molecule has 1 aliphatic heterocycles. The highest BCUT2D eigenvalue weighted by Gasteiger charge is 2.49. The Balaban J connectivity index is 1.32. The molecular formula is C24H26N6O3. The topological polar surface area (TPSA) is 99.6 Å². The SMILES string of the molecule is CN(CC(=O)NN1C(=O)N[C@@](C)(c2ccccc2)C1=O)Cc1cnn(Cc2ccccc2)c1. The van der Waals surface area contributed by atoms with Crippen molar-refractivity contribution in [2.24, 2.45) is 0 Å². The van der Waals surface area contributed by atoms with Crippen molar-refractivity contribution >= 4 is 17.8 Å². The Morgan fingerprint density at radius 1 is 1.06 bits per heavy atom. The number of hydrogen-bond acceptors (Lipinski definition) is 5. The van der Waals surface area contributed by atoms with E-state index in [0.29, 0.717) is 18.7 Å². The number of nitrogens with one attached hydrogen (secondary N) is 2. The molecule has 9 nitrogen and oxygen atoms in total. The van der Waals surface area contributed by atoms with Gasteiger partial charge in [-0.05, 0) is 25.1 Å². The van der Waals surface area contributed by atoms with Gasteiger partial charge in [0, 0.05) is 18.3 Å². The monoisotopic (exact) mass is 446 g/mol. The van der Waals surface area contributed by atoms with Crippen LogP contribution in [0.1, 0.15) is 23.6 Å². The number of amides is 4. The lowest BCUT2D eigenvalue weighted by Crippen LogP contribution is -2.50. The molecule has 0 unspecified atom stereocenters. The second-order valence-electron chi connectivity index (χ2n) is 8.30. The zero-order valence-electron chi connectivity index (χ0n) is 18.6. The Hall–Kier alpha value is -3.98. The van der Waals surface area contributed by atoms with Gasteiger partial charge in [-0.25, -0.2) is 4.79 Å². The number of likely N-dealkylation sites (N-methyl/N-ethyl adjacent to an activating group) is 1. The summed E-state index contributed by atoms with van der Waals surface area (Å²) in [5.74, 6) is -0.994. The molecule has 1 aromatic heterocycles. The summed E-state index contributed by atoms with van der Waals surface area (Å²) in [6.45, 7) is 2.78. The predicted octanol–water partition coefficient (Wildman–Crippen LogP) is 1.86. The van der Waals surface area contributed by atoms with Gasteiger partial charge < -0.3 is 5.32 Å². The van der Waals surface area contributed by atoms with Crippen LogP contribution in [0.5, 0.6) is 0 Å². The highest BCUT2D eigenvalue weighted by atomic mass is 16.2. The van der Waals surface area contributed by atoms with E-state index in [9.17, 15) is 14.4 Å². The van der Waals surface area contributed by atoms with Crippen molar-refractivity contribution in [2.75, 3.05) is 13.6 Å². The van der Waals surface area contributed by atoms with E-state index in [1.165, 1.54) is 0 Å². The fourth-order valence-corrected chi connectivity index (χ4v) is 3.83. The number of rotatable bonds is 8. The molecule has 0 radical (unpaired) electrons. The van der Waals surface area contributed by atoms with Crippen LogP contribution >= 0.6 is 0 Å². The van der Waals surface area contributed by atoms with E-state index >= 15 is 0 Å². The number of aromatic nitrogens is 2. The summed E-state index contributed by atoms with van der Waals surface area (Å²) in [7, 11) is 1.79. The Morgan fingerprint density at radius 2 is 1.73 bits per heavy atom. The van der Waals surface area contributed by atoms with Crippen molar-refractivity contribution in [3.05, 3.63) is 89.7 Å². The molecule has 9 heteroatoms. The number of carbonyl (C=O) groups excluding carboxylic acids is 3. The molecule has 3 aromatic rings. The van der Waals surface area contributed by atoms with Gasteiger partial charge in [0.25, 0.3) is 11.8 Å². The maximum absolute atomic E-state index is 12.9. The largest absolute Gasteiger partial charge is 0.344 e. The van der Waals surface area contributed by atoms with Crippen LogP contribution in [0.25, 0.3) is 0 Å². The molecule has 170 valence electrons. The summed E-state index contributed by atoms with van der Waals surface area (Å²) in [4.78, 5) is 39.6. The minimum absolute atomic E-state index is 0.00295. The van der Waals surface area contributed by atoms with E-state index < -0.39 is 23.4 Å².